The summed E-state index contributed by atoms with van der Waals surface area (Å²) >= 11 is 0. The largest absolute Gasteiger partial charge is 0.504 e. The monoisotopic (exact) mass is 580 g/mol. The number of hydrogen-bond acceptors (Lipinski definition) is 6. The number of fused-ring (bicyclic) bond motifs is 7. The van der Waals surface area contributed by atoms with E-state index in [2.05, 4.69) is 55.4 Å². The first-order chi connectivity index (χ1) is 19.7. The molecule has 2 aromatic carbocycles. The maximum Gasteiger partial charge on any atom is 0.162 e. The Morgan fingerprint density at radius 2 is 1.43 bits per heavy atom. The maximum absolute atomic E-state index is 10.9. The Balaban J connectivity index is 1.68. The maximum atomic E-state index is 10.9. The molecule has 2 unspecified atom stereocenters. The third kappa shape index (κ3) is 6.79. The minimum atomic E-state index is -0.466. The molecule has 4 atom stereocenters. The summed E-state index contributed by atoms with van der Waals surface area (Å²) in [4.78, 5) is 0. The van der Waals surface area contributed by atoms with Crippen LogP contribution < -0.4 is 18.9 Å². The molecule has 0 amide bonds. The van der Waals surface area contributed by atoms with Crippen LogP contribution in [0, 0.1) is 0 Å². The zero-order chi connectivity index (χ0) is 30.3. The number of phenols is 1. The van der Waals surface area contributed by atoms with Gasteiger partial charge in [0.05, 0.1) is 5.60 Å². The Hall–Kier alpha value is -2.60. The van der Waals surface area contributed by atoms with E-state index in [1.807, 2.05) is 24.3 Å². The van der Waals surface area contributed by atoms with E-state index in [0.29, 0.717) is 12.2 Å². The number of rotatable bonds is 5. The average Bonchev–Trinajstić information content (AvgIpc) is 2.90. The lowest BCUT2D eigenvalue weighted by Crippen LogP contribution is -2.44. The standard InChI is InChI=1S/C36H52O6/c1-9-11-15-36(8)19-17-34(5,6)40-29-22-25-21-28-26(29)23-31(42-36)32(38-28)24-12-13-27(37)30(20-24)41-35(7,14-10-2)18-16-33(3,4)39-25/h12-13,20-22,31-32,37H,9-11,14-19,23H2,1-8H3/t31-,32-,35?,36?/m1/s1. The van der Waals surface area contributed by atoms with E-state index >= 15 is 0 Å². The lowest BCUT2D eigenvalue weighted by atomic mass is 9.86. The minimum Gasteiger partial charge on any atom is -0.504 e. The van der Waals surface area contributed by atoms with Crippen LogP contribution in [0.5, 0.6) is 28.7 Å². The van der Waals surface area contributed by atoms with Crippen molar-refractivity contribution in [1.82, 2.24) is 0 Å². The van der Waals surface area contributed by atoms with Crippen molar-refractivity contribution < 1.29 is 28.8 Å². The van der Waals surface area contributed by atoms with E-state index in [-0.39, 0.29) is 29.2 Å². The quantitative estimate of drug-likeness (QED) is 0.380. The number of ether oxygens (including phenoxy) is 5. The molecule has 7 bridgehead atoms. The molecule has 0 spiro atoms. The predicted molar refractivity (Wildman–Crippen MR) is 166 cm³/mol. The van der Waals surface area contributed by atoms with Gasteiger partial charge in [-0.25, -0.2) is 0 Å². The molecular formula is C36H52O6. The van der Waals surface area contributed by atoms with Gasteiger partial charge in [-0.05, 0) is 97.8 Å². The summed E-state index contributed by atoms with van der Waals surface area (Å²) in [6, 6.07) is 9.71. The van der Waals surface area contributed by atoms with Gasteiger partial charge >= 0.3 is 0 Å². The Labute approximate surface area is 253 Å². The molecule has 42 heavy (non-hydrogen) atoms. The molecule has 0 saturated heterocycles. The van der Waals surface area contributed by atoms with Crippen molar-refractivity contribution in [1.29, 1.82) is 0 Å². The fourth-order valence-electron chi connectivity index (χ4n) is 6.78. The number of unbranched alkanes of at least 4 members (excludes halogenated alkanes) is 1. The molecule has 232 valence electrons. The van der Waals surface area contributed by atoms with Gasteiger partial charge in [-0.2, -0.15) is 0 Å². The fraction of sp³-hybridized carbons (Fsp3) is 0.667. The molecule has 1 N–H and O–H groups in total. The van der Waals surface area contributed by atoms with Gasteiger partial charge in [0.1, 0.15) is 40.2 Å². The minimum absolute atomic E-state index is 0.139. The second-order valence-electron chi connectivity index (χ2n) is 14.6. The Morgan fingerprint density at radius 3 is 2.14 bits per heavy atom. The van der Waals surface area contributed by atoms with Gasteiger partial charge in [-0.15, -0.1) is 0 Å². The highest BCUT2D eigenvalue weighted by Crippen LogP contribution is 2.49. The van der Waals surface area contributed by atoms with Crippen molar-refractivity contribution in [2.45, 2.75) is 154 Å². The van der Waals surface area contributed by atoms with Crippen LogP contribution in [-0.2, 0) is 11.2 Å². The SMILES string of the molecule is CCCCC1(C)CCC(C)(C)Oc2cc3cc4c2C[C@@H](O1)[C@H](O4)c1ccc(O)c(c1)OC(C)(CCC)CCC(C)(C)O3. The lowest BCUT2D eigenvalue weighted by molar-refractivity contribution is -0.143. The number of benzene rings is 2. The van der Waals surface area contributed by atoms with Gasteiger partial charge in [0, 0.05) is 24.1 Å². The highest BCUT2D eigenvalue weighted by Gasteiger charge is 2.43. The zero-order valence-corrected chi connectivity index (χ0v) is 27.1. The van der Waals surface area contributed by atoms with Crippen LogP contribution in [0.1, 0.15) is 130 Å². The number of phenolic OH excluding ortho intramolecular Hbond substituents is 1. The smallest absolute Gasteiger partial charge is 0.162 e. The highest BCUT2D eigenvalue weighted by atomic mass is 16.6. The van der Waals surface area contributed by atoms with Crippen LogP contribution in [0.2, 0.25) is 0 Å². The first kappa shape index (κ1) is 30.8. The van der Waals surface area contributed by atoms with Crippen LogP contribution in [0.3, 0.4) is 0 Å². The fourth-order valence-corrected chi connectivity index (χ4v) is 6.78. The summed E-state index contributed by atoms with van der Waals surface area (Å²) in [5.41, 5.74) is 0.326. The molecule has 0 radical (unpaired) electrons. The summed E-state index contributed by atoms with van der Waals surface area (Å²) < 4.78 is 34.2. The third-order valence-corrected chi connectivity index (χ3v) is 9.37. The zero-order valence-electron chi connectivity index (χ0n) is 27.1. The van der Waals surface area contributed by atoms with Crippen molar-refractivity contribution in [3.05, 3.63) is 41.5 Å². The summed E-state index contributed by atoms with van der Waals surface area (Å²) in [6.07, 6.45) is 8.36. The van der Waals surface area contributed by atoms with Crippen LogP contribution in [-0.4, -0.2) is 33.6 Å². The molecule has 0 fully saturated rings. The van der Waals surface area contributed by atoms with Gasteiger partial charge in [-0.3, -0.25) is 0 Å². The Morgan fingerprint density at radius 1 is 0.738 bits per heavy atom. The van der Waals surface area contributed by atoms with Gasteiger partial charge in [0.25, 0.3) is 0 Å². The van der Waals surface area contributed by atoms with Crippen LogP contribution >= 0.6 is 0 Å². The van der Waals surface area contributed by atoms with Gasteiger partial charge in [-0.1, -0.05) is 39.2 Å². The molecule has 3 aliphatic rings. The van der Waals surface area contributed by atoms with E-state index in [9.17, 15) is 5.11 Å². The first-order valence-corrected chi connectivity index (χ1v) is 16.1. The van der Waals surface area contributed by atoms with Gasteiger partial charge < -0.3 is 28.8 Å². The van der Waals surface area contributed by atoms with E-state index < -0.39 is 11.2 Å². The molecular weight excluding hydrogens is 528 g/mol. The van der Waals surface area contributed by atoms with Gasteiger partial charge in [0.15, 0.2) is 17.6 Å². The van der Waals surface area contributed by atoms with E-state index in [0.717, 1.165) is 86.2 Å². The van der Waals surface area contributed by atoms with Crippen molar-refractivity contribution in [3.63, 3.8) is 0 Å². The average molecular weight is 581 g/mol. The summed E-state index contributed by atoms with van der Waals surface area (Å²) in [7, 11) is 0. The summed E-state index contributed by atoms with van der Waals surface area (Å²) in [5.74, 6) is 2.94. The van der Waals surface area contributed by atoms with E-state index in [1.165, 1.54) is 0 Å². The molecule has 6 heteroatoms. The first-order valence-electron chi connectivity index (χ1n) is 16.1. The van der Waals surface area contributed by atoms with Crippen LogP contribution in [0.4, 0.5) is 0 Å². The summed E-state index contributed by atoms with van der Waals surface area (Å²) in [5, 5.41) is 10.9. The molecule has 2 aromatic rings. The topological polar surface area (TPSA) is 66.4 Å². The number of aromatic hydroxyl groups is 1. The Bertz CT molecular complexity index is 1270. The van der Waals surface area contributed by atoms with Crippen molar-refractivity contribution in [3.8, 4) is 28.7 Å². The molecule has 0 aliphatic carbocycles. The predicted octanol–water partition coefficient (Wildman–Crippen LogP) is 9.24. The molecule has 0 aromatic heterocycles. The molecule has 3 heterocycles. The Kier molecular flexibility index (Phi) is 8.43. The van der Waals surface area contributed by atoms with Crippen molar-refractivity contribution in [2.24, 2.45) is 0 Å². The molecule has 6 nitrogen and oxygen atoms in total. The third-order valence-electron chi connectivity index (χ3n) is 9.37. The molecule has 5 rings (SSSR count). The van der Waals surface area contributed by atoms with E-state index in [4.69, 9.17) is 23.7 Å². The second-order valence-corrected chi connectivity index (χ2v) is 14.6. The van der Waals surface area contributed by atoms with Crippen molar-refractivity contribution in [2.75, 3.05) is 0 Å². The van der Waals surface area contributed by atoms with Gasteiger partial charge in [0.2, 0.25) is 0 Å². The second kappa shape index (κ2) is 11.5. The normalized spacial score (nSPS) is 29.8. The summed E-state index contributed by atoms with van der Waals surface area (Å²) in [6.45, 7) is 17.4. The lowest BCUT2D eigenvalue weighted by Gasteiger charge is -2.44. The van der Waals surface area contributed by atoms with Crippen molar-refractivity contribution >= 4 is 0 Å². The number of hydrogen-bond donors (Lipinski definition) is 1. The van der Waals surface area contributed by atoms with Crippen LogP contribution in [0.25, 0.3) is 0 Å². The molecule has 0 saturated carbocycles. The van der Waals surface area contributed by atoms with E-state index in [1.54, 1.807) is 6.07 Å². The van der Waals surface area contributed by atoms with Crippen LogP contribution in [0.15, 0.2) is 30.3 Å². The molecule has 3 aliphatic heterocycles. The highest BCUT2D eigenvalue weighted by molar-refractivity contribution is 5.54.